The molecule has 0 N–H and O–H groups in total. The first kappa shape index (κ1) is 22.2. The highest BCUT2D eigenvalue weighted by molar-refractivity contribution is 5.93. The van der Waals surface area contributed by atoms with E-state index in [0.29, 0.717) is 17.9 Å². The summed E-state index contributed by atoms with van der Waals surface area (Å²) in [5.41, 5.74) is -0.589. The summed E-state index contributed by atoms with van der Waals surface area (Å²) in [7, 11) is 0. The van der Waals surface area contributed by atoms with Crippen molar-refractivity contribution in [3.05, 3.63) is 74.3 Å². The zero-order valence-electron chi connectivity index (χ0n) is 17.1. The molecule has 0 bridgehead atoms. The van der Waals surface area contributed by atoms with Gasteiger partial charge in [-0.2, -0.15) is 5.06 Å². The maximum absolute atomic E-state index is 13.0. The number of non-ortho nitro benzene ring substituents is 1. The molecule has 0 atom stereocenters. The number of nitro groups is 2. The fraction of sp³-hybridized carbons (Fsp3) is 0.409. The number of benzene rings is 2. The molecule has 2 aromatic rings. The molecule has 0 radical (unpaired) electrons. The van der Waals surface area contributed by atoms with Crippen molar-refractivity contribution in [1.82, 2.24) is 5.06 Å². The molecule has 9 nitrogen and oxygen atoms in total. The Labute approximate surface area is 179 Å². The third kappa shape index (κ3) is 6.00. The van der Waals surface area contributed by atoms with E-state index in [1.807, 2.05) is 0 Å². The number of carbonyl (C=O) groups excluding carboxylic acids is 1. The second-order valence-electron chi connectivity index (χ2n) is 7.68. The lowest BCUT2D eigenvalue weighted by atomic mass is 9.86. The number of hydrogen-bond acceptors (Lipinski definition) is 6. The van der Waals surface area contributed by atoms with Crippen LogP contribution in [0.15, 0.2) is 48.5 Å². The Morgan fingerprint density at radius 3 is 2.35 bits per heavy atom. The topological polar surface area (TPSA) is 116 Å². The summed E-state index contributed by atoms with van der Waals surface area (Å²) in [5, 5.41) is 23.5. The molecular weight excluding hydrogens is 402 g/mol. The zero-order valence-corrected chi connectivity index (χ0v) is 17.1. The van der Waals surface area contributed by atoms with Gasteiger partial charge in [0.05, 0.1) is 22.5 Å². The van der Waals surface area contributed by atoms with Crippen LogP contribution in [0.25, 0.3) is 0 Å². The molecule has 1 amide bonds. The second-order valence-corrected chi connectivity index (χ2v) is 7.68. The van der Waals surface area contributed by atoms with Gasteiger partial charge >= 0.3 is 5.69 Å². The highest BCUT2D eigenvalue weighted by atomic mass is 16.7. The summed E-state index contributed by atoms with van der Waals surface area (Å²) in [6, 6.07) is 11.6. The van der Waals surface area contributed by atoms with Crippen molar-refractivity contribution in [2.75, 3.05) is 6.54 Å². The van der Waals surface area contributed by atoms with Crippen LogP contribution in [-0.2, 0) is 0 Å². The summed E-state index contributed by atoms with van der Waals surface area (Å²) in [6.45, 7) is 0.262. The molecule has 1 fully saturated rings. The van der Waals surface area contributed by atoms with E-state index in [9.17, 15) is 25.0 Å². The molecule has 1 saturated carbocycles. The number of carbonyl (C=O) groups is 1. The predicted octanol–water partition coefficient (Wildman–Crippen LogP) is 5.30. The van der Waals surface area contributed by atoms with Crippen LogP contribution in [0.2, 0.25) is 0 Å². The van der Waals surface area contributed by atoms with Gasteiger partial charge in [0.25, 0.3) is 11.6 Å². The normalized spacial score (nSPS) is 14.1. The van der Waals surface area contributed by atoms with Crippen LogP contribution >= 0.6 is 0 Å². The lowest BCUT2D eigenvalue weighted by Crippen LogP contribution is -2.35. The highest BCUT2D eigenvalue weighted by Crippen LogP contribution is 2.32. The number of hydrogen-bond donors (Lipinski definition) is 0. The van der Waals surface area contributed by atoms with E-state index in [1.54, 1.807) is 30.3 Å². The van der Waals surface area contributed by atoms with Crippen LogP contribution in [0.3, 0.4) is 0 Å². The second kappa shape index (κ2) is 10.5. The fourth-order valence-corrected chi connectivity index (χ4v) is 3.87. The smallest absolute Gasteiger partial charge is 0.321 e. The molecule has 2 aromatic carbocycles. The van der Waals surface area contributed by atoms with E-state index >= 15 is 0 Å². The van der Waals surface area contributed by atoms with Gasteiger partial charge in [-0.25, -0.2) is 0 Å². The number of amides is 1. The maximum atomic E-state index is 13.0. The molecule has 0 saturated heterocycles. The van der Waals surface area contributed by atoms with E-state index in [-0.39, 0.29) is 12.3 Å². The molecule has 0 aromatic heterocycles. The Kier molecular flexibility index (Phi) is 7.53. The van der Waals surface area contributed by atoms with Gasteiger partial charge in [-0.1, -0.05) is 50.3 Å². The molecule has 1 aliphatic rings. The minimum absolute atomic E-state index is 0.211. The van der Waals surface area contributed by atoms with Gasteiger partial charge in [-0.05, 0) is 37.0 Å². The average molecular weight is 427 g/mol. The Morgan fingerprint density at radius 1 is 1.00 bits per heavy atom. The monoisotopic (exact) mass is 427 g/mol. The van der Waals surface area contributed by atoms with E-state index in [4.69, 9.17) is 4.84 Å². The molecule has 31 heavy (non-hydrogen) atoms. The van der Waals surface area contributed by atoms with Crippen molar-refractivity contribution < 1.29 is 19.5 Å². The van der Waals surface area contributed by atoms with E-state index in [2.05, 4.69) is 0 Å². The number of nitro benzene ring substituents is 2. The molecule has 0 heterocycles. The molecule has 3 rings (SSSR count). The number of hydroxylamine groups is 2. The molecule has 164 valence electrons. The quantitative estimate of drug-likeness (QED) is 0.396. The van der Waals surface area contributed by atoms with E-state index < -0.39 is 27.1 Å². The van der Waals surface area contributed by atoms with Gasteiger partial charge in [-0.15, -0.1) is 0 Å². The lowest BCUT2D eigenvalue weighted by Gasteiger charge is -2.25. The van der Waals surface area contributed by atoms with Gasteiger partial charge in [-0.3, -0.25) is 25.0 Å². The molecule has 1 aliphatic carbocycles. The van der Waals surface area contributed by atoms with Gasteiger partial charge < -0.3 is 4.84 Å². The Morgan fingerprint density at radius 2 is 1.71 bits per heavy atom. The molecular formula is C22H25N3O6. The summed E-state index contributed by atoms with van der Waals surface area (Å²) in [4.78, 5) is 39.6. The van der Waals surface area contributed by atoms with Crippen LogP contribution in [0, 0.1) is 26.1 Å². The van der Waals surface area contributed by atoms with Gasteiger partial charge in [0.2, 0.25) is 5.75 Å². The SMILES string of the molecule is O=C(c1ccccc1)N(CCCC1CCCCC1)Oc1ccc([N+](=O)[O-])cc1[N+](=O)[O-]. The van der Waals surface area contributed by atoms with Crippen molar-refractivity contribution in [2.45, 2.75) is 44.9 Å². The highest BCUT2D eigenvalue weighted by Gasteiger charge is 2.26. The summed E-state index contributed by atoms with van der Waals surface area (Å²) in [6.07, 6.45) is 7.73. The van der Waals surface area contributed by atoms with E-state index in [0.717, 1.165) is 29.7 Å². The molecule has 0 spiro atoms. The molecule has 0 unspecified atom stereocenters. The van der Waals surface area contributed by atoms with Crippen molar-refractivity contribution >= 4 is 17.3 Å². The van der Waals surface area contributed by atoms with Crippen molar-refractivity contribution in [2.24, 2.45) is 5.92 Å². The Bertz CT molecular complexity index is 928. The summed E-state index contributed by atoms with van der Waals surface area (Å²) >= 11 is 0. The Hall–Kier alpha value is -3.49. The van der Waals surface area contributed by atoms with Crippen molar-refractivity contribution in [1.29, 1.82) is 0 Å². The van der Waals surface area contributed by atoms with Crippen LogP contribution in [0.5, 0.6) is 5.75 Å². The summed E-state index contributed by atoms with van der Waals surface area (Å²) < 4.78 is 0. The van der Waals surface area contributed by atoms with E-state index in [1.165, 1.54) is 32.1 Å². The zero-order chi connectivity index (χ0) is 22.2. The largest absolute Gasteiger partial charge is 0.369 e. The van der Waals surface area contributed by atoms with Gasteiger partial charge in [0.15, 0.2) is 0 Å². The first-order valence-corrected chi connectivity index (χ1v) is 10.4. The maximum Gasteiger partial charge on any atom is 0.321 e. The first-order chi connectivity index (χ1) is 15.0. The minimum Gasteiger partial charge on any atom is -0.369 e. The van der Waals surface area contributed by atoms with Crippen LogP contribution in [0.1, 0.15) is 55.3 Å². The van der Waals surface area contributed by atoms with Crippen LogP contribution in [0.4, 0.5) is 11.4 Å². The van der Waals surface area contributed by atoms with Crippen LogP contribution < -0.4 is 4.84 Å². The van der Waals surface area contributed by atoms with Crippen molar-refractivity contribution in [3.8, 4) is 5.75 Å². The van der Waals surface area contributed by atoms with Crippen molar-refractivity contribution in [3.63, 3.8) is 0 Å². The number of rotatable bonds is 9. The minimum atomic E-state index is -0.754. The molecule has 9 heteroatoms. The average Bonchev–Trinajstić information content (AvgIpc) is 2.79. The lowest BCUT2D eigenvalue weighted by molar-refractivity contribution is -0.395. The van der Waals surface area contributed by atoms with Gasteiger partial charge in [0, 0.05) is 11.6 Å². The third-order valence-corrected chi connectivity index (χ3v) is 5.50. The molecule has 0 aliphatic heterocycles. The van der Waals surface area contributed by atoms with Crippen LogP contribution in [-0.4, -0.2) is 27.4 Å². The fourth-order valence-electron chi connectivity index (χ4n) is 3.87. The predicted molar refractivity (Wildman–Crippen MR) is 114 cm³/mol. The van der Waals surface area contributed by atoms with Gasteiger partial charge in [0.1, 0.15) is 0 Å². The Balaban J connectivity index is 1.79. The standard InChI is InChI=1S/C22H25N3O6/c26-22(18-11-5-2-6-12-18)23(15-7-10-17-8-3-1-4-9-17)31-21-14-13-19(24(27)28)16-20(21)25(29)30/h2,5-6,11-14,16-17H,1,3-4,7-10,15H2. The first-order valence-electron chi connectivity index (χ1n) is 10.4. The summed E-state index contributed by atoms with van der Waals surface area (Å²) in [5.74, 6) is -0.00872. The number of nitrogens with zero attached hydrogens (tertiary/aromatic N) is 3. The third-order valence-electron chi connectivity index (χ3n) is 5.50.